The van der Waals surface area contributed by atoms with Gasteiger partial charge < -0.3 is 4.74 Å². The number of anilines is 1. The predicted octanol–water partition coefficient (Wildman–Crippen LogP) is 5.98. The van der Waals surface area contributed by atoms with Crippen molar-refractivity contribution < 1.29 is 9.53 Å². The first-order valence-corrected chi connectivity index (χ1v) is 11.9. The van der Waals surface area contributed by atoms with Gasteiger partial charge in [-0.05, 0) is 87.7 Å². The van der Waals surface area contributed by atoms with Crippen molar-refractivity contribution in [1.82, 2.24) is 9.88 Å². The fourth-order valence-corrected chi connectivity index (χ4v) is 4.74. The third-order valence-electron chi connectivity index (χ3n) is 5.69. The summed E-state index contributed by atoms with van der Waals surface area (Å²) in [4.78, 5) is 19.9. The second-order valence-corrected chi connectivity index (χ2v) is 10.3. The van der Waals surface area contributed by atoms with E-state index in [-0.39, 0.29) is 5.91 Å². The number of hydrogen-bond donors (Lipinski definition) is 1. The Bertz CT molecular complexity index is 1060. The molecule has 164 valence electrons. The molecule has 3 aromatic rings. The van der Waals surface area contributed by atoms with Gasteiger partial charge in [0.25, 0.3) is 5.91 Å². The van der Waals surface area contributed by atoms with Crippen LogP contribution in [-0.2, 0) is 11.3 Å². The molecule has 0 atom stereocenters. The fraction of sp³-hybridized carbons (Fsp3) is 0.417. The zero-order valence-electron chi connectivity index (χ0n) is 18.2. The molecule has 0 bridgehead atoms. The van der Waals surface area contributed by atoms with E-state index in [4.69, 9.17) is 16.3 Å². The van der Waals surface area contributed by atoms with Crippen molar-refractivity contribution >= 4 is 44.2 Å². The molecular weight excluding hydrogens is 430 g/mol. The van der Waals surface area contributed by atoms with Crippen LogP contribution in [0.1, 0.15) is 39.2 Å². The van der Waals surface area contributed by atoms with E-state index in [9.17, 15) is 4.79 Å². The molecular formula is C24H28ClN3O2S. The Kier molecular flexibility index (Phi) is 6.51. The molecule has 0 spiro atoms. The summed E-state index contributed by atoms with van der Waals surface area (Å²) < 4.78 is 6.96. The standard InChI is InChI=1S/C24H28ClN3O2S/c1-16-10-12-28(13-11-16)15-17-4-9-20-21(14-17)31-23(26-20)27-22(29)24(2,3)30-19-7-5-18(25)6-8-19/h4-9,14,16H,10-13,15H2,1-3H3,(H,26,27,29). The Hall–Kier alpha value is -2.15. The number of halogens is 1. The summed E-state index contributed by atoms with van der Waals surface area (Å²) in [5.41, 5.74) is 1.13. The predicted molar refractivity (Wildman–Crippen MR) is 128 cm³/mol. The highest BCUT2D eigenvalue weighted by atomic mass is 35.5. The number of carbonyl (C=O) groups excluding carboxylic acids is 1. The summed E-state index contributed by atoms with van der Waals surface area (Å²) in [5, 5.41) is 4.12. The number of thiazole rings is 1. The van der Waals surface area contributed by atoms with Crippen molar-refractivity contribution in [2.75, 3.05) is 18.4 Å². The second kappa shape index (κ2) is 9.15. The lowest BCUT2D eigenvalue weighted by Crippen LogP contribution is -2.42. The van der Waals surface area contributed by atoms with E-state index < -0.39 is 5.60 Å². The highest BCUT2D eigenvalue weighted by Gasteiger charge is 2.31. The van der Waals surface area contributed by atoms with Crippen LogP contribution in [0.3, 0.4) is 0 Å². The first-order valence-electron chi connectivity index (χ1n) is 10.7. The lowest BCUT2D eigenvalue weighted by Gasteiger charge is -2.30. The van der Waals surface area contributed by atoms with E-state index >= 15 is 0 Å². The summed E-state index contributed by atoms with van der Waals surface area (Å²) in [6, 6.07) is 13.3. The summed E-state index contributed by atoms with van der Waals surface area (Å²) in [7, 11) is 0. The second-order valence-electron chi connectivity index (χ2n) is 8.80. The molecule has 7 heteroatoms. The van der Waals surface area contributed by atoms with E-state index in [1.165, 1.54) is 29.7 Å². The third kappa shape index (κ3) is 5.56. The Labute approximate surface area is 192 Å². The van der Waals surface area contributed by atoms with Crippen LogP contribution in [0.2, 0.25) is 5.02 Å². The molecule has 1 amide bonds. The summed E-state index contributed by atoms with van der Waals surface area (Å²) >= 11 is 7.41. The SMILES string of the molecule is CC1CCN(Cc2ccc3nc(NC(=O)C(C)(C)Oc4ccc(Cl)cc4)sc3c2)CC1. The highest BCUT2D eigenvalue weighted by Crippen LogP contribution is 2.29. The van der Waals surface area contributed by atoms with Crippen LogP contribution >= 0.6 is 22.9 Å². The molecule has 1 fully saturated rings. The van der Waals surface area contributed by atoms with Gasteiger partial charge in [0.15, 0.2) is 10.7 Å². The number of fused-ring (bicyclic) bond motifs is 1. The highest BCUT2D eigenvalue weighted by molar-refractivity contribution is 7.22. The Morgan fingerprint density at radius 2 is 1.94 bits per heavy atom. The van der Waals surface area contributed by atoms with Crippen molar-refractivity contribution in [1.29, 1.82) is 0 Å². The number of ether oxygens (including phenoxy) is 1. The lowest BCUT2D eigenvalue weighted by molar-refractivity contribution is -0.128. The quantitative estimate of drug-likeness (QED) is 0.494. The molecule has 31 heavy (non-hydrogen) atoms. The summed E-state index contributed by atoms with van der Waals surface area (Å²) in [6.07, 6.45) is 2.54. The molecule has 1 saturated heterocycles. The maximum Gasteiger partial charge on any atom is 0.269 e. The number of carbonyl (C=O) groups is 1. The number of piperidine rings is 1. The van der Waals surface area contributed by atoms with Crippen molar-refractivity contribution in [3.8, 4) is 5.75 Å². The Morgan fingerprint density at radius 3 is 2.65 bits per heavy atom. The van der Waals surface area contributed by atoms with E-state index in [1.54, 1.807) is 38.1 Å². The van der Waals surface area contributed by atoms with Gasteiger partial charge in [-0.15, -0.1) is 0 Å². The smallest absolute Gasteiger partial charge is 0.269 e. The van der Waals surface area contributed by atoms with Crippen LogP contribution in [0, 0.1) is 5.92 Å². The maximum atomic E-state index is 12.8. The monoisotopic (exact) mass is 457 g/mol. The van der Waals surface area contributed by atoms with Gasteiger partial charge in [0, 0.05) is 11.6 Å². The molecule has 4 rings (SSSR count). The molecule has 1 aliphatic rings. The van der Waals surface area contributed by atoms with Crippen molar-refractivity contribution in [2.45, 2.75) is 45.8 Å². The van der Waals surface area contributed by atoms with E-state index in [0.717, 1.165) is 35.8 Å². The normalized spacial score (nSPS) is 15.9. The van der Waals surface area contributed by atoms with Gasteiger partial charge in [0.2, 0.25) is 0 Å². The first-order chi connectivity index (χ1) is 14.8. The number of benzene rings is 2. The van der Waals surface area contributed by atoms with Gasteiger partial charge in [0.05, 0.1) is 10.2 Å². The molecule has 0 aliphatic carbocycles. The molecule has 1 aliphatic heterocycles. The van der Waals surface area contributed by atoms with Gasteiger partial charge in [0.1, 0.15) is 5.75 Å². The number of rotatable bonds is 6. The largest absolute Gasteiger partial charge is 0.478 e. The Morgan fingerprint density at radius 1 is 1.23 bits per heavy atom. The first kappa shape index (κ1) is 22.1. The van der Waals surface area contributed by atoms with E-state index in [1.807, 2.05) is 6.07 Å². The van der Waals surface area contributed by atoms with Crippen LogP contribution < -0.4 is 10.1 Å². The average molecular weight is 458 g/mol. The molecule has 0 unspecified atom stereocenters. The van der Waals surface area contributed by atoms with Gasteiger partial charge >= 0.3 is 0 Å². The minimum absolute atomic E-state index is 0.246. The number of nitrogens with one attached hydrogen (secondary N) is 1. The van der Waals surface area contributed by atoms with Crippen LogP contribution in [0.15, 0.2) is 42.5 Å². The van der Waals surface area contributed by atoms with Gasteiger partial charge in [-0.3, -0.25) is 15.0 Å². The molecule has 2 heterocycles. The van der Waals surface area contributed by atoms with Gasteiger partial charge in [-0.2, -0.15) is 0 Å². The van der Waals surface area contributed by atoms with E-state index in [2.05, 4.69) is 34.3 Å². The van der Waals surface area contributed by atoms with Crippen molar-refractivity contribution in [2.24, 2.45) is 5.92 Å². The minimum atomic E-state index is -1.05. The minimum Gasteiger partial charge on any atom is -0.478 e. The number of nitrogens with zero attached hydrogens (tertiary/aromatic N) is 2. The zero-order valence-corrected chi connectivity index (χ0v) is 19.7. The average Bonchev–Trinajstić information content (AvgIpc) is 3.13. The summed E-state index contributed by atoms with van der Waals surface area (Å²) in [6.45, 7) is 9.09. The third-order valence-corrected chi connectivity index (χ3v) is 6.87. The molecule has 5 nitrogen and oxygen atoms in total. The number of likely N-dealkylation sites (tertiary alicyclic amines) is 1. The molecule has 1 aromatic heterocycles. The van der Waals surface area contributed by atoms with Crippen molar-refractivity contribution in [3.63, 3.8) is 0 Å². The lowest BCUT2D eigenvalue weighted by atomic mass is 9.99. The van der Waals surface area contributed by atoms with Gasteiger partial charge in [-0.1, -0.05) is 35.9 Å². The Balaban J connectivity index is 1.41. The van der Waals surface area contributed by atoms with Crippen LogP contribution in [0.25, 0.3) is 10.2 Å². The van der Waals surface area contributed by atoms with Gasteiger partial charge in [-0.25, -0.2) is 4.98 Å². The molecule has 0 radical (unpaired) electrons. The van der Waals surface area contributed by atoms with Crippen LogP contribution in [-0.4, -0.2) is 34.5 Å². The van der Waals surface area contributed by atoms with Crippen molar-refractivity contribution in [3.05, 3.63) is 53.1 Å². The molecule has 2 aromatic carbocycles. The number of hydrogen-bond acceptors (Lipinski definition) is 5. The molecule has 0 saturated carbocycles. The van der Waals surface area contributed by atoms with E-state index in [0.29, 0.717) is 15.9 Å². The fourth-order valence-electron chi connectivity index (χ4n) is 3.69. The summed E-state index contributed by atoms with van der Waals surface area (Å²) in [5.74, 6) is 1.18. The number of aromatic nitrogens is 1. The zero-order chi connectivity index (χ0) is 22.0. The topological polar surface area (TPSA) is 54.5 Å². The van der Waals surface area contributed by atoms with Crippen LogP contribution in [0.5, 0.6) is 5.75 Å². The maximum absolute atomic E-state index is 12.8. The number of amides is 1. The molecule has 1 N–H and O–H groups in total. The van der Waals surface area contributed by atoms with Crippen LogP contribution in [0.4, 0.5) is 5.13 Å².